The van der Waals surface area contributed by atoms with Crippen molar-refractivity contribution in [3.05, 3.63) is 24.3 Å². The van der Waals surface area contributed by atoms with E-state index in [1.54, 1.807) is 0 Å². The third kappa shape index (κ3) is 34.5. The van der Waals surface area contributed by atoms with Crippen molar-refractivity contribution in [2.45, 2.75) is 388 Å². The van der Waals surface area contributed by atoms with Crippen molar-refractivity contribution in [3.63, 3.8) is 0 Å². The van der Waals surface area contributed by atoms with Crippen molar-refractivity contribution in [2.24, 2.45) is 0 Å². The SMILES string of the molecule is CCCCCCC/C=C\C/C=C\CCCCCCCCCCCCCCCCCCCCCCCCCCCC(=O)NC(COC1OC(CO)C(OC2OC(CO)C(OC3OC(CO)C(O)C(O)C3O)C(O)C2O)C(O)C1O)C(O)CCCCCCCCC. The van der Waals surface area contributed by atoms with Crippen molar-refractivity contribution in [1.29, 1.82) is 0 Å². The first-order valence-corrected chi connectivity index (χ1v) is 36.1. The Morgan fingerprint density at radius 2 is 0.742 bits per heavy atom. The number of hydrogen-bond acceptors (Lipinski definition) is 18. The van der Waals surface area contributed by atoms with Crippen LogP contribution < -0.4 is 5.32 Å². The second-order valence-corrected chi connectivity index (χ2v) is 26.1. The number of ether oxygens (including phenoxy) is 6. The van der Waals surface area contributed by atoms with Crippen LogP contribution in [0.2, 0.25) is 0 Å². The summed E-state index contributed by atoms with van der Waals surface area (Å²) in [4.78, 5) is 13.3. The van der Waals surface area contributed by atoms with Crippen LogP contribution in [-0.2, 0) is 33.2 Å². The summed E-state index contributed by atoms with van der Waals surface area (Å²) in [6.45, 7) is 1.74. The second-order valence-electron chi connectivity index (χ2n) is 26.1. The summed E-state index contributed by atoms with van der Waals surface area (Å²) in [5.41, 5.74) is 0. The van der Waals surface area contributed by atoms with Gasteiger partial charge in [-0.1, -0.05) is 256 Å². The Labute approximate surface area is 537 Å². The maximum atomic E-state index is 13.3. The molecular weight excluding hydrogens is 1140 g/mol. The normalized spacial score (nSPS) is 28.3. The van der Waals surface area contributed by atoms with Crippen molar-refractivity contribution in [3.8, 4) is 0 Å². The Morgan fingerprint density at radius 3 is 1.15 bits per heavy atom. The van der Waals surface area contributed by atoms with Gasteiger partial charge in [0, 0.05) is 6.42 Å². The maximum Gasteiger partial charge on any atom is 0.220 e. The number of carbonyl (C=O) groups excluding carboxylic acids is 1. The fourth-order valence-electron chi connectivity index (χ4n) is 12.4. The monoisotopic (exact) mass is 1270 g/mol. The molecule has 3 aliphatic rings. The number of carbonyl (C=O) groups is 1. The number of aliphatic hydroxyl groups is 11. The number of amides is 1. The predicted octanol–water partition coefficient (Wildman–Crippen LogP) is 9.83. The van der Waals surface area contributed by atoms with E-state index < -0.39 is 124 Å². The zero-order valence-corrected chi connectivity index (χ0v) is 55.4. The minimum absolute atomic E-state index is 0.242. The molecule has 3 fully saturated rings. The van der Waals surface area contributed by atoms with Gasteiger partial charge in [-0.05, 0) is 44.9 Å². The molecule has 0 radical (unpaired) electrons. The van der Waals surface area contributed by atoms with E-state index in [1.165, 1.54) is 186 Å². The molecule has 0 spiro atoms. The molecule has 1 amide bonds. The number of nitrogens with one attached hydrogen (secondary N) is 1. The van der Waals surface area contributed by atoms with Crippen LogP contribution >= 0.6 is 0 Å². The lowest BCUT2D eigenvalue weighted by molar-refractivity contribution is -0.379. The minimum Gasteiger partial charge on any atom is -0.394 e. The first-order valence-electron chi connectivity index (χ1n) is 36.1. The Balaban J connectivity index is 1.25. The summed E-state index contributed by atoms with van der Waals surface area (Å²) < 4.78 is 34.3. The number of unbranched alkanes of at least 4 members (excludes halogenated alkanes) is 36. The highest BCUT2D eigenvalue weighted by Crippen LogP contribution is 2.33. The zero-order valence-electron chi connectivity index (χ0n) is 55.4. The van der Waals surface area contributed by atoms with Gasteiger partial charge in [-0.25, -0.2) is 0 Å². The lowest BCUT2D eigenvalue weighted by atomic mass is 9.96. The molecule has 3 saturated heterocycles. The van der Waals surface area contributed by atoms with Gasteiger partial charge in [0.2, 0.25) is 5.91 Å². The summed E-state index contributed by atoms with van der Waals surface area (Å²) in [5, 5.41) is 120. The summed E-state index contributed by atoms with van der Waals surface area (Å²) in [6.07, 6.45) is 33.5. The molecule has 0 aromatic rings. The third-order valence-corrected chi connectivity index (χ3v) is 18.3. The molecule has 0 aromatic heterocycles. The van der Waals surface area contributed by atoms with Crippen LogP contribution in [0.25, 0.3) is 0 Å². The molecule has 0 aromatic carbocycles. The number of hydrogen-bond donors (Lipinski definition) is 12. The molecule has 17 atom stereocenters. The van der Waals surface area contributed by atoms with E-state index in [4.69, 9.17) is 28.4 Å². The van der Waals surface area contributed by atoms with Crippen molar-refractivity contribution >= 4 is 5.91 Å². The largest absolute Gasteiger partial charge is 0.394 e. The highest BCUT2D eigenvalue weighted by molar-refractivity contribution is 5.76. The van der Waals surface area contributed by atoms with E-state index in [-0.39, 0.29) is 18.9 Å². The van der Waals surface area contributed by atoms with Gasteiger partial charge in [-0.15, -0.1) is 0 Å². The molecule has 3 heterocycles. The average Bonchev–Trinajstić information content (AvgIpc) is 2.14. The molecule has 0 bridgehead atoms. The van der Waals surface area contributed by atoms with Gasteiger partial charge in [0.05, 0.1) is 38.6 Å². The van der Waals surface area contributed by atoms with Gasteiger partial charge >= 0.3 is 0 Å². The minimum atomic E-state index is -1.97. The fourth-order valence-corrected chi connectivity index (χ4v) is 12.4. The Morgan fingerprint density at radius 1 is 0.404 bits per heavy atom. The molecular formula is C70H131NO18. The van der Waals surface area contributed by atoms with Crippen molar-refractivity contribution in [2.75, 3.05) is 26.4 Å². The molecule has 12 N–H and O–H groups in total. The van der Waals surface area contributed by atoms with Crippen LogP contribution in [0, 0.1) is 0 Å². The molecule has 19 heteroatoms. The lowest BCUT2D eigenvalue weighted by Gasteiger charge is -2.48. The van der Waals surface area contributed by atoms with Crippen LogP contribution in [0.3, 0.4) is 0 Å². The van der Waals surface area contributed by atoms with E-state index in [1.807, 2.05) is 0 Å². The Kier molecular flexibility index (Phi) is 48.1. The summed E-state index contributed by atoms with van der Waals surface area (Å²) in [6, 6.07) is -0.881. The Bertz CT molecular complexity index is 1710. The maximum absolute atomic E-state index is 13.3. The number of aliphatic hydroxyl groups excluding tert-OH is 11. The molecule has 524 valence electrons. The smallest absolute Gasteiger partial charge is 0.220 e. The predicted molar refractivity (Wildman–Crippen MR) is 346 cm³/mol. The Hall–Kier alpha value is -1.73. The number of allylic oxidation sites excluding steroid dienone is 4. The molecule has 19 nitrogen and oxygen atoms in total. The first-order chi connectivity index (χ1) is 43.3. The first kappa shape index (κ1) is 81.5. The van der Waals surface area contributed by atoms with Gasteiger partial charge in [0.1, 0.15) is 73.2 Å². The average molecular weight is 1270 g/mol. The van der Waals surface area contributed by atoms with Crippen LogP contribution in [-0.4, -0.2) is 193 Å². The van der Waals surface area contributed by atoms with E-state index in [2.05, 4.69) is 43.5 Å². The van der Waals surface area contributed by atoms with Crippen LogP contribution in [0.4, 0.5) is 0 Å². The molecule has 17 unspecified atom stereocenters. The van der Waals surface area contributed by atoms with E-state index in [9.17, 15) is 61.0 Å². The van der Waals surface area contributed by atoms with Crippen molar-refractivity contribution < 1.29 is 89.4 Å². The highest BCUT2D eigenvalue weighted by Gasteiger charge is 2.53. The second kappa shape index (κ2) is 52.5. The molecule has 0 aliphatic carbocycles. The molecule has 3 aliphatic heterocycles. The van der Waals surface area contributed by atoms with E-state index in [0.717, 1.165) is 64.2 Å². The van der Waals surface area contributed by atoms with Crippen LogP contribution in [0.1, 0.15) is 284 Å². The fraction of sp³-hybridized carbons (Fsp3) is 0.929. The standard InChI is InChI=1S/C70H131NO18/c1-3-5-7-9-11-12-13-14-15-16-17-18-19-20-21-22-23-24-25-26-27-28-29-30-31-32-33-34-35-36-37-38-39-40-42-44-46-48-58(76)71-53(54(75)47-45-43-41-10-8-6-4-2)52-84-68-64(82)61(79)66(56(50-73)86-68)89-70-65(83)62(80)67(57(51-74)87-70)88-69-63(81)60(78)59(77)55(49-72)85-69/h13-14,16-17,53-57,59-70,72-75,77-83H,3-12,15,18-52H2,1-2H3,(H,71,76)/b14-13-,17-16-. The lowest BCUT2D eigenvalue weighted by Crippen LogP contribution is -2.66. The van der Waals surface area contributed by atoms with Gasteiger partial charge < -0.3 is 89.9 Å². The van der Waals surface area contributed by atoms with E-state index in [0.29, 0.717) is 12.8 Å². The van der Waals surface area contributed by atoms with Gasteiger partial charge in [0.15, 0.2) is 18.9 Å². The third-order valence-electron chi connectivity index (χ3n) is 18.3. The van der Waals surface area contributed by atoms with Crippen LogP contribution in [0.5, 0.6) is 0 Å². The van der Waals surface area contributed by atoms with Crippen molar-refractivity contribution in [1.82, 2.24) is 5.32 Å². The highest BCUT2D eigenvalue weighted by atomic mass is 16.8. The van der Waals surface area contributed by atoms with Gasteiger partial charge in [0.25, 0.3) is 0 Å². The molecule has 3 rings (SSSR count). The van der Waals surface area contributed by atoms with Gasteiger partial charge in [-0.3, -0.25) is 4.79 Å². The van der Waals surface area contributed by atoms with Crippen LogP contribution in [0.15, 0.2) is 24.3 Å². The summed E-state index contributed by atoms with van der Waals surface area (Å²) >= 11 is 0. The quantitative estimate of drug-likeness (QED) is 0.0199. The molecule has 0 saturated carbocycles. The summed E-state index contributed by atoms with van der Waals surface area (Å²) in [7, 11) is 0. The number of rotatable bonds is 56. The zero-order chi connectivity index (χ0) is 64.7. The molecule has 89 heavy (non-hydrogen) atoms. The summed E-state index contributed by atoms with van der Waals surface area (Å²) in [5.74, 6) is -0.242. The van der Waals surface area contributed by atoms with Gasteiger partial charge in [-0.2, -0.15) is 0 Å². The van der Waals surface area contributed by atoms with E-state index >= 15 is 0 Å². The topological polar surface area (TPSA) is 307 Å².